The molecule has 0 aliphatic heterocycles. The molecule has 0 saturated carbocycles. The van der Waals surface area contributed by atoms with Crippen LogP contribution in [0.2, 0.25) is 0 Å². The van der Waals surface area contributed by atoms with E-state index in [1.807, 2.05) is 0 Å². The summed E-state index contributed by atoms with van der Waals surface area (Å²) in [4.78, 5) is 23.9. The summed E-state index contributed by atoms with van der Waals surface area (Å²) in [5.74, 6) is -0.650. The Morgan fingerprint density at radius 2 is 2.33 bits per heavy atom. The monoisotopic (exact) mass is 169 g/mol. The van der Waals surface area contributed by atoms with Crippen LogP contribution >= 0.6 is 0 Å². The zero-order chi connectivity index (χ0) is 9.56. The number of methoxy groups -OCH3 is 1. The van der Waals surface area contributed by atoms with E-state index in [2.05, 4.69) is 16.3 Å². The molecule has 4 nitrogen and oxygen atoms in total. The lowest BCUT2D eigenvalue weighted by molar-refractivity contribution is -0.136. The number of isocyanates is 1. The zero-order valence-electron chi connectivity index (χ0n) is 7.16. The summed E-state index contributed by atoms with van der Waals surface area (Å²) in [5.41, 5.74) is 0.316. The van der Waals surface area contributed by atoms with E-state index in [0.717, 1.165) is 0 Å². The van der Waals surface area contributed by atoms with Crippen molar-refractivity contribution in [3.8, 4) is 0 Å². The van der Waals surface area contributed by atoms with Gasteiger partial charge in [-0.15, -0.1) is 0 Å². The maximum atomic E-state index is 10.9. The highest BCUT2D eigenvalue weighted by atomic mass is 16.5. The summed E-state index contributed by atoms with van der Waals surface area (Å²) < 4.78 is 4.43. The molecule has 0 aromatic heterocycles. The standard InChI is InChI=1S/C8H11NO3/c1-6(4-9-5-10)7(2)8(11)12-3/h6H,2,4H2,1,3H3. The summed E-state index contributed by atoms with van der Waals surface area (Å²) in [6.45, 7) is 5.47. The van der Waals surface area contributed by atoms with Gasteiger partial charge >= 0.3 is 5.97 Å². The molecular formula is C8H11NO3. The van der Waals surface area contributed by atoms with Crippen LogP contribution in [0.1, 0.15) is 6.92 Å². The van der Waals surface area contributed by atoms with Crippen molar-refractivity contribution in [2.24, 2.45) is 10.9 Å². The predicted molar refractivity (Wildman–Crippen MR) is 43.3 cm³/mol. The first-order chi connectivity index (χ1) is 5.63. The van der Waals surface area contributed by atoms with E-state index in [4.69, 9.17) is 0 Å². The maximum absolute atomic E-state index is 10.9. The van der Waals surface area contributed by atoms with Crippen LogP contribution in [0.25, 0.3) is 0 Å². The van der Waals surface area contributed by atoms with Crippen LogP contribution in [0, 0.1) is 5.92 Å². The van der Waals surface area contributed by atoms with Crippen molar-refractivity contribution in [1.29, 1.82) is 0 Å². The average Bonchev–Trinajstić information content (AvgIpc) is 2.11. The van der Waals surface area contributed by atoms with Crippen molar-refractivity contribution in [3.63, 3.8) is 0 Å². The number of nitrogens with zero attached hydrogens (tertiary/aromatic N) is 1. The summed E-state index contributed by atoms with van der Waals surface area (Å²) in [6.07, 6.45) is 1.39. The van der Waals surface area contributed by atoms with E-state index < -0.39 is 5.97 Å². The van der Waals surface area contributed by atoms with Gasteiger partial charge in [-0.1, -0.05) is 13.5 Å². The first-order valence-electron chi connectivity index (χ1n) is 3.44. The van der Waals surface area contributed by atoms with Gasteiger partial charge < -0.3 is 4.74 Å². The number of hydrogen-bond donors (Lipinski definition) is 0. The minimum Gasteiger partial charge on any atom is -0.466 e. The van der Waals surface area contributed by atoms with Crippen LogP contribution in [0.4, 0.5) is 0 Å². The van der Waals surface area contributed by atoms with Gasteiger partial charge in [0.25, 0.3) is 0 Å². The number of carbonyl (C=O) groups excluding carboxylic acids is 2. The van der Waals surface area contributed by atoms with Crippen molar-refractivity contribution in [2.75, 3.05) is 13.7 Å². The molecule has 12 heavy (non-hydrogen) atoms. The molecular weight excluding hydrogens is 158 g/mol. The van der Waals surface area contributed by atoms with Gasteiger partial charge in [0.1, 0.15) is 0 Å². The Balaban J connectivity index is 4.09. The molecule has 1 atom stereocenters. The molecule has 0 aromatic carbocycles. The van der Waals surface area contributed by atoms with Gasteiger partial charge in [-0.3, -0.25) is 0 Å². The molecule has 0 aliphatic carbocycles. The zero-order valence-corrected chi connectivity index (χ0v) is 7.16. The number of esters is 1. The highest BCUT2D eigenvalue weighted by molar-refractivity contribution is 5.88. The highest BCUT2D eigenvalue weighted by Gasteiger charge is 2.13. The van der Waals surface area contributed by atoms with E-state index in [-0.39, 0.29) is 12.5 Å². The normalized spacial score (nSPS) is 11.2. The predicted octanol–water partition coefficient (Wildman–Crippen LogP) is 0.687. The molecule has 0 radical (unpaired) electrons. The Morgan fingerprint density at radius 3 is 2.75 bits per heavy atom. The maximum Gasteiger partial charge on any atom is 0.333 e. The second-order valence-electron chi connectivity index (χ2n) is 2.35. The SMILES string of the molecule is C=C(C(=O)OC)C(C)CN=C=O. The number of hydrogen-bond acceptors (Lipinski definition) is 4. The van der Waals surface area contributed by atoms with E-state index in [1.165, 1.54) is 13.2 Å². The fourth-order valence-electron chi connectivity index (χ4n) is 0.617. The van der Waals surface area contributed by atoms with Gasteiger partial charge in [-0.2, -0.15) is 0 Å². The Labute approximate surface area is 70.9 Å². The fraction of sp³-hybridized carbons (Fsp3) is 0.500. The lowest BCUT2D eigenvalue weighted by Gasteiger charge is -2.08. The van der Waals surface area contributed by atoms with Crippen LogP contribution in [-0.4, -0.2) is 25.7 Å². The summed E-state index contributed by atoms with van der Waals surface area (Å²) >= 11 is 0. The third-order valence-electron chi connectivity index (χ3n) is 1.47. The molecule has 0 N–H and O–H groups in total. The molecule has 1 unspecified atom stereocenters. The molecule has 0 spiro atoms. The minimum atomic E-state index is -0.469. The number of carbonyl (C=O) groups is 1. The molecule has 0 rings (SSSR count). The Kier molecular flexibility index (Phi) is 4.65. The molecule has 66 valence electrons. The van der Waals surface area contributed by atoms with Crippen LogP contribution in [0.15, 0.2) is 17.1 Å². The molecule has 0 amide bonds. The van der Waals surface area contributed by atoms with Crippen LogP contribution < -0.4 is 0 Å². The summed E-state index contributed by atoms with van der Waals surface area (Å²) in [5, 5.41) is 0. The van der Waals surface area contributed by atoms with Crippen molar-refractivity contribution in [3.05, 3.63) is 12.2 Å². The van der Waals surface area contributed by atoms with Gasteiger partial charge in [0.05, 0.1) is 13.7 Å². The number of rotatable bonds is 4. The van der Waals surface area contributed by atoms with Crippen LogP contribution in [0.5, 0.6) is 0 Å². The van der Waals surface area contributed by atoms with Crippen molar-refractivity contribution in [2.45, 2.75) is 6.92 Å². The molecule has 4 heteroatoms. The third kappa shape index (κ3) is 3.12. The van der Waals surface area contributed by atoms with E-state index in [0.29, 0.717) is 5.57 Å². The largest absolute Gasteiger partial charge is 0.466 e. The molecule has 0 aliphatic rings. The number of ether oxygens (including phenoxy) is 1. The topological polar surface area (TPSA) is 55.7 Å². The van der Waals surface area contributed by atoms with Crippen LogP contribution in [0.3, 0.4) is 0 Å². The van der Waals surface area contributed by atoms with E-state index >= 15 is 0 Å². The Bertz CT molecular complexity index is 228. The quantitative estimate of drug-likeness (QED) is 0.269. The number of aliphatic imine (C=N–C) groups is 1. The first kappa shape index (κ1) is 10.6. The average molecular weight is 169 g/mol. The Morgan fingerprint density at radius 1 is 1.75 bits per heavy atom. The van der Waals surface area contributed by atoms with E-state index in [9.17, 15) is 9.59 Å². The lowest BCUT2D eigenvalue weighted by atomic mass is 10.0. The van der Waals surface area contributed by atoms with Gasteiger partial charge in [0.15, 0.2) is 0 Å². The molecule has 0 fully saturated rings. The summed E-state index contributed by atoms with van der Waals surface area (Å²) in [7, 11) is 1.28. The Hall–Kier alpha value is -1.41. The fourth-order valence-corrected chi connectivity index (χ4v) is 0.617. The summed E-state index contributed by atoms with van der Waals surface area (Å²) in [6, 6.07) is 0. The second-order valence-corrected chi connectivity index (χ2v) is 2.35. The van der Waals surface area contributed by atoms with Crippen molar-refractivity contribution >= 4 is 12.0 Å². The van der Waals surface area contributed by atoms with Gasteiger partial charge in [0.2, 0.25) is 6.08 Å². The molecule has 0 bridgehead atoms. The van der Waals surface area contributed by atoms with Gasteiger partial charge in [-0.05, 0) is 0 Å². The molecule has 0 aromatic rings. The van der Waals surface area contributed by atoms with Gasteiger partial charge in [-0.25, -0.2) is 14.6 Å². The van der Waals surface area contributed by atoms with Crippen molar-refractivity contribution in [1.82, 2.24) is 0 Å². The molecule has 0 heterocycles. The highest BCUT2D eigenvalue weighted by Crippen LogP contribution is 2.09. The van der Waals surface area contributed by atoms with E-state index in [1.54, 1.807) is 6.92 Å². The minimum absolute atomic E-state index is 0.182. The third-order valence-corrected chi connectivity index (χ3v) is 1.47. The molecule has 0 saturated heterocycles. The van der Waals surface area contributed by atoms with Crippen LogP contribution in [-0.2, 0) is 14.3 Å². The van der Waals surface area contributed by atoms with Crippen molar-refractivity contribution < 1.29 is 14.3 Å². The first-order valence-corrected chi connectivity index (χ1v) is 3.44. The van der Waals surface area contributed by atoms with Gasteiger partial charge in [0, 0.05) is 11.5 Å². The lowest BCUT2D eigenvalue weighted by Crippen LogP contribution is -2.13. The second kappa shape index (κ2) is 5.27. The smallest absolute Gasteiger partial charge is 0.333 e.